The third-order valence-electron chi connectivity index (χ3n) is 2.95. The molecule has 1 N–H and O–H groups in total. The predicted molar refractivity (Wildman–Crippen MR) is 78.8 cm³/mol. The lowest BCUT2D eigenvalue weighted by molar-refractivity contribution is -0.141. The van der Waals surface area contributed by atoms with E-state index in [4.69, 9.17) is 0 Å². The van der Waals surface area contributed by atoms with Gasteiger partial charge in [0.05, 0.1) is 5.69 Å². The number of para-hydroxylation sites is 1. The number of anilines is 1. The number of benzene rings is 1. The summed E-state index contributed by atoms with van der Waals surface area (Å²) in [4.78, 5) is 12.9. The number of carbonyl (C=O) groups excluding carboxylic acids is 1. The van der Waals surface area contributed by atoms with Gasteiger partial charge in [-0.25, -0.2) is 0 Å². The highest BCUT2D eigenvalue weighted by Crippen LogP contribution is 2.28. The molecule has 0 aliphatic rings. The zero-order valence-corrected chi connectivity index (χ0v) is 12.8. The molecule has 0 bridgehead atoms. The number of hydrogen-bond donors (Lipinski definition) is 1. The lowest BCUT2D eigenvalue weighted by atomic mass is 10.3. The van der Waals surface area contributed by atoms with E-state index in [1.807, 2.05) is 18.4 Å². The minimum absolute atomic E-state index is 0.273. The zero-order chi connectivity index (χ0) is 16.3. The minimum atomic E-state index is -4.52. The molecule has 8 heteroatoms. The summed E-state index contributed by atoms with van der Waals surface area (Å²) in [5.74, 6) is -0.429. The van der Waals surface area contributed by atoms with Crippen LogP contribution in [-0.4, -0.2) is 21.9 Å². The van der Waals surface area contributed by atoms with Crippen LogP contribution in [0.15, 0.2) is 35.2 Å². The van der Waals surface area contributed by atoms with Gasteiger partial charge in [0.15, 0.2) is 5.69 Å². The monoisotopic (exact) mass is 329 g/mol. The lowest BCUT2D eigenvalue weighted by Crippen LogP contribution is -2.21. The molecule has 0 aliphatic heterocycles. The third-order valence-corrected chi connectivity index (χ3v) is 3.74. The highest BCUT2D eigenvalue weighted by Gasteiger charge is 2.34. The van der Waals surface area contributed by atoms with E-state index >= 15 is 0 Å². The van der Waals surface area contributed by atoms with E-state index in [2.05, 4.69) is 10.4 Å². The van der Waals surface area contributed by atoms with E-state index in [1.54, 1.807) is 12.1 Å². The van der Waals surface area contributed by atoms with Crippen LogP contribution < -0.4 is 5.32 Å². The Labute approximate surface area is 129 Å². The van der Waals surface area contributed by atoms with Crippen molar-refractivity contribution in [3.63, 3.8) is 0 Å². The van der Waals surface area contributed by atoms with Crippen molar-refractivity contribution in [2.75, 3.05) is 11.6 Å². The van der Waals surface area contributed by atoms with Crippen molar-refractivity contribution >= 4 is 23.4 Å². The summed E-state index contributed by atoms with van der Waals surface area (Å²) < 4.78 is 38.8. The summed E-state index contributed by atoms with van der Waals surface area (Å²) in [6.45, 7) is 1.20. The van der Waals surface area contributed by atoms with Crippen molar-refractivity contribution in [2.24, 2.45) is 0 Å². The van der Waals surface area contributed by atoms with Gasteiger partial charge in [0, 0.05) is 10.6 Å². The number of aryl methyl sites for hydroxylation is 1. The predicted octanol–water partition coefficient (Wildman–Crippen LogP) is 3.57. The number of nitrogens with one attached hydrogen (secondary N) is 1. The first-order valence-corrected chi connectivity index (χ1v) is 7.58. The normalized spacial score (nSPS) is 11.5. The Balaban J connectivity index is 2.11. The molecule has 22 heavy (non-hydrogen) atoms. The van der Waals surface area contributed by atoms with Crippen molar-refractivity contribution in [2.45, 2.75) is 24.5 Å². The molecule has 1 aromatic heterocycles. The number of rotatable bonds is 4. The van der Waals surface area contributed by atoms with E-state index in [1.165, 1.54) is 18.7 Å². The maximum atomic E-state index is 12.6. The fraction of sp³-hybridized carbons (Fsp3) is 0.286. The molecule has 1 amide bonds. The van der Waals surface area contributed by atoms with E-state index in [-0.39, 0.29) is 12.2 Å². The molecule has 1 heterocycles. The largest absolute Gasteiger partial charge is 0.435 e. The first kappa shape index (κ1) is 16.4. The summed E-state index contributed by atoms with van der Waals surface area (Å²) in [6.07, 6.45) is -2.64. The molecule has 2 aromatic rings. The molecule has 0 radical (unpaired) electrons. The average Bonchev–Trinajstić information content (AvgIpc) is 2.80. The van der Waals surface area contributed by atoms with E-state index < -0.39 is 17.8 Å². The molecule has 4 nitrogen and oxygen atoms in total. The van der Waals surface area contributed by atoms with Crippen molar-refractivity contribution in [1.29, 1.82) is 0 Å². The molecule has 1 aromatic carbocycles. The van der Waals surface area contributed by atoms with Gasteiger partial charge in [0.2, 0.25) is 5.91 Å². The van der Waals surface area contributed by atoms with E-state index in [9.17, 15) is 18.0 Å². The zero-order valence-electron chi connectivity index (χ0n) is 11.9. The fourth-order valence-corrected chi connectivity index (χ4v) is 2.44. The lowest BCUT2D eigenvalue weighted by Gasteiger charge is -2.10. The van der Waals surface area contributed by atoms with Gasteiger partial charge in [-0.3, -0.25) is 9.48 Å². The van der Waals surface area contributed by atoms with Gasteiger partial charge < -0.3 is 5.32 Å². The number of nitrogens with zero attached hydrogens (tertiary/aromatic N) is 2. The van der Waals surface area contributed by atoms with Crippen molar-refractivity contribution < 1.29 is 18.0 Å². The van der Waals surface area contributed by atoms with Crippen molar-refractivity contribution in [1.82, 2.24) is 9.78 Å². The summed E-state index contributed by atoms with van der Waals surface area (Å²) >= 11 is 1.47. The highest BCUT2D eigenvalue weighted by molar-refractivity contribution is 7.98. The minimum Gasteiger partial charge on any atom is -0.323 e. The number of alkyl halides is 3. The second-order valence-electron chi connectivity index (χ2n) is 4.57. The number of amides is 1. The fourth-order valence-electron chi connectivity index (χ4n) is 1.88. The average molecular weight is 329 g/mol. The van der Waals surface area contributed by atoms with Gasteiger partial charge in [-0.1, -0.05) is 12.1 Å². The van der Waals surface area contributed by atoms with Gasteiger partial charge >= 0.3 is 6.18 Å². The van der Waals surface area contributed by atoms with Crippen LogP contribution in [0.25, 0.3) is 0 Å². The molecule has 0 saturated carbocycles. The van der Waals surface area contributed by atoms with Crippen LogP contribution in [-0.2, 0) is 17.5 Å². The highest BCUT2D eigenvalue weighted by atomic mass is 32.2. The van der Waals surface area contributed by atoms with Gasteiger partial charge in [-0.05, 0) is 31.4 Å². The van der Waals surface area contributed by atoms with Crippen LogP contribution in [0.2, 0.25) is 0 Å². The molecule has 0 atom stereocenters. The molecule has 118 valence electrons. The Morgan fingerprint density at radius 2 is 2.05 bits per heavy atom. The van der Waals surface area contributed by atoms with Crippen LogP contribution in [0.5, 0.6) is 0 Å². The molecule has 0 unspecified atom stereocenters. The molecular formula is C14H14F3N3OS. The smallest absolute Gasteiger partial charge is 0.323 e. The summed E-state index contributed by atoms with van der Waals surface area (Å²) in [7, 11) is 0. The Morgan fingerprint density at radius 1 is 1.36 bits per heavy atom. The number of carbonyl (C=O) groups is 1. The Bertz CT molecular complexity index is 682. The van der Waals surface area contributed by atoms with E-state index in [0.29, 0.717) is 5.69 Å². The number of aromatic nitrogens is 2. The molecule has 0 saturated heterocycles. The van der Waals surface area contributed by atoms with Crippen molar-refractivity contribution in [3.8, 4) is 0 Å². The topological polar surface area (TPSA) is 46.9 Å². The van der Waals surface area contributed by atoms with E-state index in [0.717, 1.165) is 15.6 Å². The van der Waals surface area contributed by atoms with Crippen LogP contribution in [0, 0.1) is 6.92 Å². The first-order valence-electron chi connectivity index (χ1n) is 6.36. The van der Waals surface area contributed by atoms with Crippen molar-refractivity contribution in [3.05, 3.63) is 41.7 Å². The molecule has 0 aliphatic carbocycles. The standard InChI is InChI=1S/C14H14F3N3OS/c1-9-7-12(14(15,16)17)19-20(9)8-13(21)18-10-5-3-4-6-11(10)22-2/h3-7H,8H2,1-2H3,(H,18,21). The van der Waals surface area contributed by atoms with Crippen LogP contribution in [0.3, 0.4) is 0 Å². The second-order valence-corrected chi connectivity index (χ2v) is 5.42. The number of halogens is 3. The molecule has 0 spiro atoms. The second kappa shape index (κ2) is 6.43. The van der Waals surface area contributed by atoms with Crippen LogP contribution in [0.1, 0.15) is 11.4 Å². The summed E-state index contributed by atoms with van der Waals surface area (Å²) in [5, 5.41) is 6.11. The molecule has 0 fully saturated rings. The Morgan fingerprint density at radius 3 is 2.64 bits per heavy atom. The maximum Gasteiger partial charge on any atom is 0.435 e. The van der Waals surface area contributed by atoms with Crippen LogP contribution >= 0.6 is 11.8 Å². The summed E-state index contributed by atoms with van der Waals surface area (Å²) in [5.41, 5.74) is -0.0937. The first-order chi connectivity index (χ1) is 10.3. The Kier molecular flexibility index (Phi) is 4.80. The quantitative estimate of drug-likeness (QED) is 0.872. The molecule has 2 rings (SSSR count). The van der Waals surface area contributed by atoms with Gasteiger partial charge in [0.1, 0.15) is 6.54 Å². The third kappa shape index (κ3) is 3.82. The summed E-state index contributed by atoms with van der Waals surface area (Å²) in [6, 6.07) is 8.12. The maximum absolute atomic E-state index is 12.6. The molecular weight excluding hydrogens is 315 g/mol. The van der Waals surface area contributed by atoms with Gasteiger partial charge in [-0.15, -0.1) is 11.8 Å². The van der Waals surface area contributed by atoms with Gasteiger partial charge in [-0.2, -0.15) is 18.3 Å². The number of hydrogen-bond acceptors (Lipinski definition) is 3. The number of thioether (sulfide) groups is 1. The Hall–Kier alpha value is -1.96. The SMILES string of the molecule is CSc1ccccc1NC(=O)Cn1nc(C(F)(F)F)cc1C. The van der Waals surface area contributed by atoms with Gasteiger partial charge in [0.25, 0.3) is 0 Å². The van der Waals surface area contributed by atoms with Crippen LogP contribution in [0.4, 0.5) is 18.9 Å².